The topological polar surface area (TPSA) is 79.0 Å². The third-order valence-electron chi connectivity index (χ3n) is 3.66. The van der Waals surface area contributed by atoms with Crippen LogP contribution in [0.1, 0.15) is 16.8 Å². The Kier molecular flexibility index (Phi) is 4.24. The number of aryl methyl sites for hydroxylation is 1. The Morgan fingerprint density at radius 2 is 2.09 bits per heavy atom. The molecule has 0 fully saturated rings. The highest BCUT2D eigenvalue weighted by Gasteiger charge is 2.20. The molecule has 0 aliphatic carbocycles. The molecule has 114 valence electrons. The molecule has 3 rings (SSSR count). The predicted octanol–water partition coefficient (Wildman–Crippen LogP) is 1.15. The number of nitrogens with one attached hydrogen (secondary N) is 1. The van der Waals surface area contributed by atoms with Crippen LogP contribution in [0.5, 0.6) is 0 Å². The molecule has 1 N–H and O–H groups in total. The first kappa shape index (κ1) is 14.8. The Balaban J connectivity index is 1.61. The van der Waals surface area contributed by atoms with Gasteiger partial charge in [0.05, 0.1) is 5.75 Å². The molecule has 6 nitrogen and oxygen atoms in total. The summed E-state index contributed by atoms with van der Waals surface area (Å²) in [6.45, 7) is 2.97. The van der Waals surface area contributed by atoms with Crippen LogP contribution in [0.2, 0.25) is 0 Å². The van der Waals surface area contributed by atoms with E-state index in [4.69, 9.17) is 0 Å². The molecule has 0 saturated heterocycles. The Labute approximate surface area is 132 Å². The Bertz CT molecular complexity index is 759. The maximum atomic E-state index is 12.3. The molecule has 2 aromatic rings. The van der Waals surface area contributed by atoms with E-state index in [-0.39, 0.29) is 17.2 Å². The largest absolute Gasteiger partial charge is 0.337 e. The van der Waals surface area contributed by atoms with Crippen molar-refractivity contribution in [3.05, 3.63) is 51.4 Å². The maximum Gasteiger partial charge on any atom is 0.273 e. The van der Waals surface area contributed by atoms with Crippen molar-refractivity contribution < 1.29 is 4.79 Å². The molecule has 1 aromatic carbocycles. The molecule has 0 unspecified atom stereocenters. The second kappa shape index (κ2) is 6.31. The van der Waals surface area contributed by atoms with Crippen molar-refractivity contribution >= 4 is 17.7 Å². The minimum Gasteiger partial charge on any atom is -0.337 e. The lowest BCUT2D eigenvalue weighted by Gasteiger charge is -2.28. The van der Waals surface area contributed by atoms with Crippen molar-refractivity contribution in [2.45, 2.75) is 25.0 Å². The molecular formula is C15H16N4O2S. The summed E-state index contributed by atoms with van der Waals surface area (Å²) < 4.78 is 0. The van der Waals surface area contributed by atoms with Crippen LogP contribution in [-0.4, -0.2) is 38.3 Å². The zero-order valence-electron chi connectivity index (χ0n) is 12.2. The number of amides is 1. The number of aromatic amines is 1. The lowest BCUT2D eigenvalue weighted by molar-refractivity contribution is -0.129. The normalized spacial score (nSPS) is 13.8. The average molecular weight is 316 g/mol. The first-order valence-corrected chi connectivity index (χ1v) is 8.03. The summed E-state index contributed by atoms with van der Waals surface area (Å²) in [5, 5.41) is 8.01. The summed E-state index contributed by atoms with van der Waals surface area (Å²) in [4.78, 5) is 28.2. The molecule has 1 aliphatic rings. The number of carbonyl (C=O) groups excluding carboxylic acids is 1. The van der Waals surface area contributed by atoms with E-state index in [0.29, 0.717) is 17.4 Å². The fourth-order valence-electron chi connectivity index (χ4n) is 2.37. The third-order valence-corrected chi connectivity index (χ3v) is 4.50. The summed E-state index contributed by atoms with van der Waals surface area (Å²) in [5.41, 5.74) is 2.57. The first-order chi connectivity index (χ1) is 10.6. The summed E-state index contributed by atoms with van der Waals surface area (Å²) in [6.07, 6.45) is 0.883. The minimum atomic E-state index is -0.267. The number of H-pyrrole nitrogens is 1. The number of hydrogen-bond acceptors (Lipinski definition) is 5. The molecule has 0 bridgehead atoms. The average Bonchev–Trinajstić information content (AvgIpc) is 2.55. The number of thioether (sulfide) groups is 1. The van der Waals surface area contributed by atoms with Crippen LogP contribution in [0.4, 0.5) is 0 Å². The van der Waals surface area contributed by atoms with Crippen molar-refractivity contribution in [1.82, 2.24) is 20.1 Å². The number of benzene rings is 1. The van der Waals surface area contributed by atoms with Gasteiger partial charge in [-0.15, -0.1) is 10.2 Å². The molecule has 0 radical (unpaired) electrons. The van der Waals surface area contributed by atoms with Gasteiger partial charge in [0.2, 0.25) is 5.91 Å². The van der Waals surface area contributed by atoms with Crippen LogP contribution in [-0.2, 0) is 17.8 Å². The van der Waals surface area contributed by atoms with Gasteiger partial charge in [-0.1, -0.05) is 36.0 Å². The molecule has 1 aromatic heterocycles. The van der Waals surface area contributed by atoms with Crippen molar-refractivity contribution in [3.63, 3.8) is 0 Å². The van der Waals surface area contributed by atoms with Gasteiger partial charge < -0.3 is 4.90 Å². The Morgan fingerprint density at radius 1 is 1.32 bits per heavy atom. The van der Waals surface area contributed by atoms with E-state index in [0.717, 1.165) is 13.0 Å². The number of rotatable bonds is 3. The Hall–Kier alpha value is -2.15. The van der Waals surface area contributed by atoms with Crippen LogP contribution >= 0.6 is 11.8 Å². The summed E-state index contributed by atoms with van der Waals surface area (Å²) in [6, 6.07) is 8.19. The van der Waals surface area contributed by atoms with Crippen molar-refractivity contribution in [2.24, 2.45) is 0 Å². The van der Waals surface area contributed by atoms with Crippen LogP contribution in [0.15, 0.2) is 34.2 Å². The summed E-state index contributed by atoms with van der Waals surface area (Å²) in [5.74, 6) is 0.290. The maximum absolute atomic E-state index is 12.3. The van der Waals surface area contributed by atoms with Crippen molar-refractivity contribution in [1.29, 1.82) is 0 Å². The van der Waals surface area contributed by atoms with Gasteiger partial charge in [-0.05, 0) is 24.5 Å². The van der Waals surface area contributed by atoms with Gasteiger partial charge in [0.25, 0.3) is 5.56 Å². The van der Waals surface area contributed by atoms with E-state index in [1.165, 1.54) is 22.9 Å². The van der Waals surface area contributed by atoms with Gasteiger partial charge in [0.15, 0.2) is 5.16 Å². The van der Waals surface area contributed by atoms with Crippen LogP contribution in [0.25, 0.3) is 0 Å². The molecule has 7 heteroatoms. The molecule has 0 spiro atoms. The van der Waals surface area contributed by atoms with E-state index < -0.39 is 0 Å². The van der Waals surface area contributed by atoms with Gasteiger partial charge in [-0.3, -0.25) is 14.6 Å². The molecule has 1 aliphatic heterocycles. The fraction of sp³-hybridized carbons (Fsp3) is 0.333. The van der Waals surface area contributed by atoms with Gasteiger partial charge in [-0.2, -0.15) is 0 Å². The quantitative estimate of drug-likeness (QED) is 0.859. The van der Waals surface area contributed by atoms with Gasteiger partial charge >= 0.3 is 0 Å². The van der Waals surface area contributed by atoms with Crippen LogP contribution < -0.4 is 5.56 Å². The number of carbonyl (C=O) groups is 1. The molecular weight excluding hydrogens is 300 g/mol. The summed E-state index contributed by atoms with van der Waals surface area (Å²) in [7, 11) is 0. The highest BCUT2D eigenvalue weighted by atomic mass is 32.2. The van der Waals surface area contributed by atoms with Crippen molar-refractivity contribution in [2.75, 3.05) is 12.3 Å². The number of hydrogen-bond donors (Lipinski definition) is 1. The third kappa shape index (κ3) is 3.19. The molecule has 22 heavy (non-hydrogen) atoms. The highest BCUT2D eigenvalue weighted by molar-refractivity contribution is 7.99. The summed E-state index contributed by atoms with van der Waals surface area (Å²) >= 11 is 1.21. The van der Waals surface area contributed by atoms with Crippen molar-refractivity contribution in [3.8, 4) is 0 Å². The van der Waals surface area contributed by atoms with E-state index in [1.54, 1.807) is 6.92 Å². The SMILES string of the molecule is Cc1nnc(SCC(=O)N2CCc3ccccc3C2)[nH]c1=O. The number of fused-ring (bicyclic) bond motifs is 1. The first-order valence-electron chi connectivity index (χ1n) is 7.04. The van der Waals surface area contributed by atoms with Crippen LogP contribution in [0, 0.1) is 6.92 Å². The van der Waals surface area contributed by atoms with E-state index in [2.05, 4.69) is 27.3 Å². The molecule has 0 atom stereocenters. The standard InChI is InChI=1S/C15H16N4O2S/c1-10-14(21)16-15(18-17-10)22-9-13(20)19-7-6-11-4-2-3-5-12(11)8-19/h2-5H,6-9H2,1H3,(H,16,18,21). The lowest BCUT2D eigenvalue weighted by Crippen LogP contribution is -2.37. The van der Waals surface area contributed by atoms with Gasteiger partial charge in [-0.25, -0.2) is 0 Å². The van der Waals surface area contributed by atoms with Gasteiger partial charge in [0, 0.05) is 13.1 Å². The number of nitrogens with zero attached hydrogens (tertiary/aromatic N) is 3. The predicted molar refractivity (Wildman–Crippen MR) is 83.7 cm³/mol. The highest BCUT2D eigenvalue weighted by Crippen LogP contribution is 2.20. The second-order valence-corrected chi connectivity index (χ2v) is 6.13. The zero-order chi connectivity index (χ0) is 15.5. The zero-order valence-corrected chi connectivity index (χ0v) is 13.0. The molecule has 1 amide bonds. The monoisotopic (exact) mass is 316 g/mol. The Morgan fingerprint density at radius 3 is 2.86 bits per heavy atom. The smallest absolute Gasteiger partial charge is 0.273 e. The van der Waals surface area contributed by atoms with Crippen LogP contribution in [0.3, 0.4) is 0 Å². The van der Waals surface area contributed by atoms with E-state index in [9.17, 15) is 9.59 Å². The fourth-order valence-corrected chi connectivity index (χ4v) is 3.08. The lowest BCUT2D eigenvalue weighted by atomic mass is 10.00. The molecule has 2 heterocycles. The van der Waals surface area contributed by atoms with Gasteiger partial charge in [0.1, 0.15) is 5.69 Å². The minimum absolute atomic E-state index is 0.0442. The molecule has 0 saturated carbocycles. The second-order valence-electron chi connectivity index (χ2n) is 5.17. The van der Waals surface area contributed by atoms with E-state index in [1.807, 2.05) is 17.0 Å². The van der Waals surface area contributed by atoms with E-state index >= 15 is 0 Å². The number of aromatic nitrogens is 3.